The summed E-state index contributed by atoms with van der Waals surface area (Å²) in [7, 11) is 0. The van der Waals surface area contributed by atoms with Crippen LogP contribution >= 0.6 is 0 Å². The third-order valence-electron chi connectivity index (χ3n) is 8.13. The first-order chi connectivity index (χ1) is 21.4. The molecule has 0 saturated carbocycles. The summed E-state index contributed by atoms with van der Waals surface area (Å²) in [5, 5.41) is 25.8. The Morgan fingerprint density at radius 3 is 1.36 bits per heavy atom. The predicted octanol–water partition coefficient (Wildman–Crippen LogP) is 9.46. The van der Waals surface area contributed by atoms with Crippen LogP contribution < -0.4 is 11.5 Å². The van der Waals surface area contributed by atoms with Crippen molar-refractivity contribution in [2.75, 3.05) is 0 Å². The van der Waals surface area contributed by atoms with Gasteiger partial charge in [-0.15, -0.1) is 0 Å². The van der Waals surface area contributed by atoms with E-state index in [0.29, 0.717) is 11.1 Å². The van der Waals surface area contributed by atoms with Crippen molar-refractivity contribution in [1.82, 2.24) is 0 Å². The van der Waals surface area contributed by atoms with E-state index in [1.807, 2.05) is 36.4 Å². The minimum atomic E-state index is 0.597. The van der Waals surface area contributed by atoms with E-state index >= 15 is 0 Å². The predicted molar refractivity (Wildman–Crippen MR) is 184 cm³/mol. The van der Waals surface area contributed by atoms with E-state index < -0.39 is 0 Å². The van der Waals surface area contributed by atoms with Crippen LogP contribution in [-0.4, -0.2) is 0 Å². The maximum Gasteiger partial charge on any atom is 0.0944 e. The standard InChI is InChI=1S/C40H30N4/c1-25(21-41)17-33(23-43)29-5-3-7-31(19-29)35-13-9-27-12-16-38-36(14-10-28-11-15-37(35)39(27)40(28)38)32-8-4-6-30(20-32)34(24-44)18-26(2)22-42/h3-20,23-24H,43-44H2,1-2H3/b25-17+,26-18+,33-23+,34-24+. The van der Waals surface area contributed by atoms with Crippen LogP contribution in [0.25, 0.3) is 65.7 Å². The van der Waals surface area contributed by atoms with Crippen molar-refractivity contribution in [1.29, 1.82) is 10.5 Å². The molecule has 0 aromatic heterocycles. The first-order valence-electron chi connectivity index (χ1n) is 14.4. The van der Waals surface area contributed by atoms with E-state index in [1.54, 1.807) is 26.2 Å². The van der Waals surface area contributed by atoms with Gasteiger partial charge >= 0.3 is 0 Å². The summed E-state index contributed by atoms with van der Waals surface area (Å²) in [6.45, 7) is 3.55. The number of allylic oxidation sites excluding steroid dienone is 6. The summed E-state index contributed by atoms with van der Waals surface area (Å²) in [6.07, 6.45) is 6.72. The molecule has 0 aliphatic rings. The number of nitrogens with two attached hydrogens (primary N) is 2. The number of benzene rings is 6. The molecule has 0 saturated heterocycles. The van der Waals surface area contributed by atoms with Crippen molar-refractivity contribution in [3.05, 3.63) is 144 Å². The second-order valence-electron chi connectivity index (χ2n) is 10.9. The minimum Gasteiger partial charge on any atom is -0.404 e. The SMILES string of the molecule is C/C(C#N)=C\C(=C/N)c1cccc(-c2ccc3ccc4c(-c5cccc(C(/C=C(\C)C#N)=C/N)c5)ccc5ccc2c3c54)c1. The molecule has 0 aliphatic carbocycles. The summed E-state index contributed by atoms with van der Waals surface area (Å²) in [4.78, 5) is 0. The third kappa shape index (κ3) is 4.96. The van der Waals surface area contributed by atoms with E-state index in [0.717, 1.165) is 44.5 Å². The summed E-state index contributed by atoms with van der Waals surface area (Å²) in [5.74, 6) is 0. The van der Waals surface area contributed by atoms with Gasteiger partial charge in [-0.3, -0.25) is 0 Å². The Balaban J connectivity index is 1.54. The molecule has 6 rings (SSSR count). The van der Waals surface area contributed by atoms with Crippen molar-refractivity contribution in [2.45, 2.75) is 13.8 Å². The Hall–Kier alpha value is -6.10. The second-order valence-corrected chi connectivity index (χ2v) is 10.9. The number of rotatable bonds is 6. The Morgan fingerprint density at radius 2 is 0.977 bits per heavy atom. The molecule has 6 aromatic carbocycles. The van der Waals surface area contributed by atoms with Gasteiger partial charge in [0.1, 0.15) is 0 Å². The quantitative estimate of drug-likeness (QED) is 0.119. The largest absolute Gasteiger partial charge is 0.404 e. The first-order valence-corrected chi connectivity index (χ1v) is 14.4. The van der Waals surface area contributed by atoms with E-state index in [9.17, 15) is 10.5 Å². The highest BCUT2D eigenvalue weighted by Gasteiger charge is 2.16. The fraction of sp³-hybridized carbons (Fsp3) is 0.0500. The van der Waals surface area contributed by atoms with E-state index in [2.05, 4.69) is 84.9 Å². The van der Waals surface area contributed by atoms with Gasteiger partial charge in [0.2, 0.25) is 0 Å². The Bertz CT molecular complexity index is 2120. The molecule has 6 aromatic rings. The zero-order valence-corrected chi connectivity index (χ0v) is 24.6. The lowest BCUT2D eigenvalue weighted by Crippen LogP contribution is -1.92. The second kappa shape index (κ2) is 11.6. The monoisotopic (exact) mass is 566 g/mol. The molecular weight excluding hydrogens is 536 g/mol. The molecule has 0 atom stereocenters. The Labute approximate surface area is 257 Å². The number of nitrogens with zero attached hydrogens (tertiary/aromatic N) is 2. The molecule has 0 aliphatic heterocycles. The zero-order chi connectivity index (χ0) is 30.8. The van der Waals surface area contributed by atoms with Gasteiger partial charge in [0.15, 0.2) is 0 Å². The smallest absolute Gasteiger partial charge is 0.0944 e. The van der Waals surface area contributed by atoms with Crippen LogP contribution in [-0.2, 0) is 0 Å². The highest BCUT2D eigenvalue weighted by Crippen LogP contribution is 2.42. The van der Waals surface area contributed by atoms with Crippen LogP contribution in [0.4, 0.5) is 0 Å². The zero-order valence-electron chi connectivity index (χ0n) is 24.6. The summed E-state index contributed by atoms with van der Waals surface area (Å²) < 4.78 is 0. The Kier molecular flexibility index (Phi) is 7.42. The summed E-state index contributed by atoms with van der Waals surface area (Å²) in [5.41, 5.74) is 21.1. The normalized spacial score (nSPS) is 13.0. The molecular formula is C40H30N4. The average molecular weight is 567 g/mol. The molecule has 4 nitrogen and oxygen atoms in total. The molecule has 0 heterocycles. The van der Waals surface area contributed by atoms with Crippen LogP contribution in [0.2, 0.25) is 0 Å². The molecule has 0 amide bonds. The lowest BCUT2D eigenvalue weighted by Gasteiger charge is -2.17. The van der Waals surface area contributed by atoms with Crippen molar-refractivity contribution >= 4 is 43.5 Å². The molecule has 4 N–H and O–H groups in total. The van der Waals surface area contributed by atoms with E-state index in [4.69, 9.17) is 11.5 Å². The summed E-state index contributed by atoms with van der Waals surface area (Å²) >= 11 is 0. The third-order valence-corrected chi connectivity index (χ3v) is 8.13. The van der Waals surface area contributed by atoms with Crippen molar-refractivity contribution < 1.29 is 0 Å². The maximum atomic E-state index is 9.29. The number of nitriles is 2. The fourth-order valence-corrected chi connectivity index (χ4v) is 6.02. The number of hydrogen-bond acceptors (Lipinski definition) is 4. The maximum absolute atomic E-state index is 9.29. The molecule has 4 heteroatoms. The molecule has 0 spiro atoms. The van der Waals surface area contributed by atoms with Crippen LogP contribution in [0.3, 0.4) is 0 Å². The van der Waals surface area contributed by atoms with Gasteiger partial charge in [0.05, 0.1) is 12.1 Å². The van der Waals surface area contributed by atoms with Crippen LogP contribution in [0, 0.1) is 22.7 Å². The van der Waals surface area contributed by atoms with Crippen LogP contribution in [0.5, 0.6) is 0 Å². The van der Waals surface area contributed by atoms with Crippen molar-refractivity contribution in [3.8, 4) is 34.4 Å². The van der Waals surface area contributed by atoms with Crippen molar-refractivity contribution in [3.63, 3.8) is 0 Å². The van der Waals surface area contributed by atoms with Crippen LogP contribution in [0.15, 0.2) is 133 Å². The first kappa shape index (κ1) is 28.0. The molecule has 0 radical (unpaired) electrons. The van der Waals surface area contributed by atoms with Gasteiger partial charge < -0.3 is 11.5 Å². The average Bonchev–Trinajstić information content (AvgIpc) is 3.08. The van der Waals surface area contributed by atoms with Gasteiger partial charge in [0.25, 0.3) is 0 Å². The van der Waals surface area contributed by atoms with Gasteiger partial charge in [-0.1, -0.05) is 84.9 Å². The minimum absolute atomic E-state index is 0.597. The topological polar surface area (TPSA) is 99.6 Å². The number of hydrogen-bond donors (Lipinski definition) is 2. The van der Waals surface area contributed by atoms with Gasteiger partial charge in [-0.25, -0.2) is 0 Å². The Morgan fingerprint density at radius 1 is 0.568 bits per heavy atom. The van der Waals surface area contributed by atoms with Crippen molar-refractivity contribution in [2.24, 2.45) is 11.5 Å². The van der Waals surface area contributed by atoms with E-state index in [-0.39, 0.29) is 0 Å². The highest BCUT2D eigenvalue weighted by molar-refractivity contribution is 6.27. The van der Waals surface area contributed by atoms with Gasteiger partial charge in [-0.2, -0.15) is 10.5 Å². The lowest BCUT2D eigenvalue weighted by molar-refractivity contribution is 1.44. The highest BCUT2D eigenvalue weighted by atomic mass is 14.5. The van der Waals surface area contributed by atoms with Gasteiger partial charge in [-0.05, 0) is 115 Å². The molecule has 0 unspecified atom stereocenters. The molecule has 210 valence electrons. The fourth-order valence-electron chi connectivity index (χ4n) is 6.02. The molecule has 44 heavy (non-hydrogen) atoms. The summed E-state index contributed by atoms with van der Waals surface area (Å²) in [6, 6.07) is 38.5. The lowest BCUT2D eigenvalue weighted by atomic mass is 9.86. The van der Waals surface area contributed by atoms with Gasteiger partial charge in [0, 0.05) is 23.5 Å². The van der Waals surface area contributed by atoms with Crippen LogP contribution in [0.1, 0.15) is 25.0 Å². The molecule has 0 bridgehead atoms. The molecule has 0 fully saturated rings. The van der Waals surface area contributed by atoms with E-state index in [1.165, 1.54) is 32.3 Å².